The summed E-state index contributed by atoms with van der Waals surface area (Å²) in [5.74, 6) is -1.22. The largest absolute Gasteiger partial charge is 0.454 e. The van der Waals surface area contributed by atoms with E-state index in [0.717, 1.165) is 41.2 Å². The number of ketones is 1. The van der Waals surface area contributed by atoms with Gasteiger partial charge in [0.15, 0.2) is 6.61 Å². The van der Waals surface area contributed by atoms with E-state index in [9.17, 15) is 18.0 Å². The van der Waals surface area contributed by atoms with Crippen LogP contribution < -0.4 is 0 Å². The van der Waals surface area contributed by atoms with Crippen molar-refractivity contribution in [1.29, 1.82) is 0 Å². The second kappa shape index (κ2) is 9.74. The van der Waals surface area contributed by atoms with Gasteiger partial charge in [0, 0.05) is 44.2 Å². The van der Waals surface area contributed by atoms with Crippen LogP contribution in [0.1, 0.15) is 44.9 Å². The molecular weight excluding hydrogens is 456 g/mol. The summed E-state index contributed by atoms with van der Waals surface area (Å²) >= 11 is 6.07. The Labute approximate surface area is 193 Å². The van der Waals surface area contributed by atoms with Gasteiger partial charge in [-0.2, -0.15) is 0 Å². The highest BCUT2D eigenvalue weighted by Gasteiger charge is 2.24. The van der Waals surface area contributed by atoms with Gasteiger partial charge in [0.25, 0.3) is 0 Å². The topological polar surface area (TPSA) is 94.9 Å². The quantitative estimate of drug-likeness (QED) is 0.423. The summed E-state index contributed by atoms with van der Waals surface area (Å²) in [5, 5.41) is 0.0369. The first kappa shape index (κ1) is 24.4. The van der Waals surface area contributed by atoms with Crippen molar-refractivity contribution in [2.24, 2.45) is 0 Å². The van der Waals surface area contributed by atoms with Gasteiger partial charge < -0.3 is 14.0 Å². The molecular formula is C22H27ClN2O6S. The maximum absolute atomic E-state index is 12.7. The standard InChI is InChI=1S/C22H27ClN2O6S/c1-14-10-18(15(2)25(14)12-16-6-5-9-30-16)21(26)13-31-22(27)19-11-17(7-8-20(19)23)32(28,29)24(3)4/h7-8,10-11,16H,5-6,9,12-13H2,1-4H3. The average Bonchev–Trinajstić information content (AvgIpc) is 3.35. The molecule has 0 N–H and O–H groups in total. The highest BCUT2D eigenvalue weighted by atomic mass is 35.5. The van der Waals surface area contributed by atoms with E-state index in [2.05, 4.69) is 0 Å². The predicted octanol–water partition coefficient (Wildman–Crippen LogP) is 3.23. The summed E-state index contributed by atoms with van der Waals surface area (Å²) in [5.41, 5.74) is 2.07. The van der Waals surface area contributed by atoms with Crippen molar-refractivity contribution in [3.05, 3.63) is 51.8 Å². The van der Waals surface area contributed by atoms with Crippen molar-refractivity contribution in [2.45, 2.75) is 44.2 Å². The van der Waals surface area contributed by atoms with Crippen molar-refractivity contribution in [3.63, 3.8) is 0 Å². The minimum atomic E-state index is -3.75. The highest BCUT2D eigenvalue weighted by molar-refractivity contribution is 7.89. The third-order valence-electron chi connectivity index (χ3n) is 5.55. The van der Waals surface area contributed by atoms with Crippen LogP contribution in [-0.4, -0.2) is 62.5 Å². The Morgan fingerprint density at radius 2 is 1.94 bits per heavy atom. The maximum atomic E-state index is 12.7. The van der Waals surface area contributed by atoms with Crippen molar-refractivity contribution < 1.29 is 27.5 Å². The average molecular weight is 483 g/mol. The number of ether oxygens (including phenoxy) is 2. The second-order valence-corrected chi connectivity index (χ2v) is 10.5. The molecule has 0 radical (unpaired) electrons. The van der Waals surface area contributed by atoms with Crippen LogP contribution in [0, 0.1) is 13.8 Å². The Morgan fingerprint density at radius 3 is 2.56 bits per heavy atom. The van der Waals surface area contributed by atoms with Crippen LogP contribution in [0.15, 0.2) is 29.2 Å². The number of hydrogen-bond donors (Lipinski definition) is 0. The molecule has 32 heavy (non-hydrogen) atoms. The van der Waals surface area contributed by atoms with Crippen molar-refractivity contribution >= 4 is 33.4 Å². The molecule has 1 unspecified atom stereocenters. The zero-order valence-corrected chi connectivity index (χ0v) is 20.1. The van der Waals surface area contributed by atoms with Crippen LogP contribution in [0.4, 0.5) is 0 Å². The minimum Gasteiger partial charge on any atom is -0.454 e. The summed E-state index contributed by atoms with van der Waals surface area (Å²) in [4.78, 5) is 25.2. The van der Waals surface area contributed by atoms with Crippen molar-refractivity contribution in [2.75, 3.05) is 27.3 Å². The van der Waals surface area contributed by atoms with Crippen molar-refractivity contribution in [1.82, 2.24) is 8.87 Å². The summed E-state index contributed by atoms with van der Waals surface area (Å²) in [6.07, 6.45) is 2.15. The lowest BCUT2D eigenvalue weighted by Gasteiger charge is -2.15. The second-order valence-electron chi connectivity index (χ2n) is 7.96. The van der Waals surface area contributed by atoms with E-state index in [4.69, 9.17) is 21.1 Å². The predicted molar refractivity (Wildman–Crippen MR) is 120 cm³/mol. The van der Waals surface area contributed by atoms with Crippen LogP contribution >= 0.6 is 11.6 Å². The molecule has 1 aliphatic heterocycles. The van der Waals surface area contributed by atoms with E-state index < -0.39 is 22.6 Å². The van der Waals surface area contributed by atoms with Crippen LogP contribution in [0.5, 0.6) is 0 Å². The van der Waals surface area contributed by atoms with E-state index >= 15 is 0 Å². The van der Waals surface area contributed by atoms with Gasteiger partial charge in [-0.05, 0) is 51.0 Å². The fourth-order valence-corrected chi connectivity index (χ4v) is 4.80. The number of halogens is 1. The maximum Gasteiger partial charge on any atom is 0.340 e. The molecule has 1 aromatic heterocycles. The van der Waals surface area contributed by atoms with Gasteiger partial charge >= 0.3 is 5.97 Å². The number of carbonyl (C=O) groups is 2. The number of esters is 1. The van der Waals surface area contributed by atoms with Crippen LogP contribution in [0.2, 0.25) is 5.02 Å². The SMILES string of the molecule is Cc1cc(C(=O)COC(=O)c2cc(S(=O)(=O)N(C)C)ccc2Cl)c(C)n1CC1CCCO1. The van der Waals surface area contributed by atoms with Crippen molar-refractivity contribution in [3.8, 4) is 0 Å². The fraction of sp³-hybridized carbons (Fsp3) is 0.455. The summed E-state index contributed by atoms with van der Waals surface area (Å²) in [7, 11) is -0.985. The molecule has 1 aromatic carbocycles. The van der Waals surface area contributed by atoms with E-state index in [0.29, 0.717) is 12.1 Å². The fourth-order valence-electron chi connectivity index (χ4n) is 3.68. The van der Waals surface area contributed by atoms with E-state index in [1.54, 1.807) is 6.07 Å². The minimum absolute atomic E-state index is 0.0369. The van der Waals surface area contributed by atoms with Gasteiger partial charge in [-0.15, -0.1) is 0 Å². The van der Waals surface area contributed by atoms with Crippen LogP contribution in [-0.2, 0) is 26.0 Å². The molecule has 3 rings (SSSR count). The molecule has 8 nitrogen and oxygen atoms in total. The number of sulfonamides is 1. The summed E-state index contributed by atoms with van der Waals surface area (Å²) in [6, 6.07) is 5.55. The first-order chi connectivity index (χ1) is 15.0. The van der Waals surface area contributed by atoms with Gasteiger partial charge in [-0.25, -0.2) is 17.5 Å². The van der Waals surface area contributed by atoms with Crippen LogP contribution in [0.25, 0.3) is 0 Å². The molecule has 0 saturated carbocycles. The molecule has 1 atom stereocenters. The molecule has 1 fully saturated rings. The van der Waals surface area contributed by atoms with Gasteiger partial charge in [0.2, 0.25) is 15.8 Å². The van der Waals surface area contributed by atoms with Gasteiger partial charge in [-0.3, -0.25) is 4.79 Å². The van der Waals surface area contributed by atoms with Gasteiger partial charge in [0.05, 0.1) is 21.6 Å². The van der Waals surface area contributed by atoms with Gasteiger partial charge in [-0.1, -0.05) is 11.6 Å². The number of rotatable bonds is 8. The lowest BCUT2D eigenvalue weighted by molar-refractivity contribution is 0.0474. The Balaban J connectivity index is 1.72. The molecule has 1 saturated heterocycles. The number of nitrogens with zero attached hydrogens (tertiary/aromatic N) is 2. The normalized spacial score (nSPS) is 16.5. The molecule has 10 heteroatoms. The number of aryl methyl sites for hydroxylation is 1. The molecule has 0 amide bonds. The Morgan fingerprint density at radius 1 is 1.22 bits per heavy atom. The Kier molecular flexibility index (Phi) is 7.44. The Hall–Kier alpha value is -2.20. The number of Topliss-reactive ketones (excluding diaryl/α,β-unsaturated/α-hetero) is 1. The van der Waals surface area contributed by atoms with Gasteiger partial charge in [0.1, 0.15) is 0 Å². The van der Waals surface area contributed by atoms with E-state index in [1.165, 1.54) is 26.2 Å². The molecule has 1 aliphatic rings. The van der Waals surface area contributed by atoms with Crippen LogP contribution in [0.3, 0.4) is 0 Å². The lowest BCUT2D eigenvalue weighted by atomic mass is 10.1. The number of hydrogen-bond acceptors (Lipinski definition) is 6. The molecule has 174 valence electrons. The smallest absolute Gasteiger partial charge is 0.340 e. The number of carbonyl (C=O) groups excluding carboxylic acids is 2. The monoisotopic (exact) mass is 482 g/mol. The number of aromatic nitrogens is 1. The Bertz CT molecular complexity index is 1130. The molecule has 0 bridgehead atoms. The molecule has 0 spiro atoms. The lowest BCUT2D eigenvalue weighted by Crippen LogP contribution is -2.23. The summed E-state index contributed by atoms with van der Waals surface area (Å²) < 4.78 is 38.6. The zero-order chi connectivity index (χ0) is 23.6. The third kappa shape index (κ3) is 5.06. The summed E-state index contributed by atoms with van der Waals surface area (Å²) in [6.45, 7) is 4.72. The zero-order valence-electron chi connectivity index (χ0n) is 18.6. The number of benzene rings is 1. The van der Waals surface area contributed by atoms with E-state index in [-0.39, 0.29) is 27.4 Å². The highest BCUT2D eigenvalue weighted by Crippen LogP contribution is 2.24. The first-order valence-corrected chi connectivity index (χ1v) is 12.0. The third-order valence-corrected chi connectivity index (χ3v) is 7.70. The molecule has 2 aromatic rings. The molecule has 0 aliphatic carbocycles. The van der Waals surface area contributed by atoms with E-state index in [1.807, 2.05) is 18.4 Å². The first-order valence-electron chi connectivity index (χ1n) is 10.2. The molecule has 2 heterocycles.